The quantitative estimate of drug-likeness (QED) is 0.466. The number of halogens is 1. The summed E-state index contributed by atoms with van der Waals surface area (Å²) in [6.07, 6.45) is 0.614. The number of hydrogen-bond acceptors (Lipinski definition) is 3. The zero-order valence-electron chi connectivity index (χ0n) is 14.2. The third-order valence-corrected chi connectivity index (χ3v) is 5.43. The highest BCUT2D eigenvalue weighted by atomic mass is 79.9. The molecule has 2 amide bonds. The molecule has 0 unspecified atom stereocenters. The fourth-order valence-corrected chi connectivity index (χ4v) is 3.85. The van der Waals surface area contributed by atoms with Crippen LogP contribution < -0.4 is 4.90 Å². The van der Waals surface area contributed by atoms with Crippen molar-refractivity contribution in [3.05, 3.63) is 99.5 Å². The minimum Gasteiger partial charge on any atom is -0.283 e. The third-order valence-electron chi connectivity index (χ3n) is 4.53. The van der Waals surface area contributed by atoms with E-state index < -0.39 is 17.6 Å². The lowest BCUT2D eigenvalue weighted by molar-refractivity contribution is -0.113. The second kappa shape index (κ2) is 6.93. The number of amides is 2. The van der Waals surface area contributed by atoms with Crippen LogP contribution in [-0.2, 0) is 11.2 Å². The van der Waals surface area contributed by atoms with Gasteiger partial charge in [-0.1, -0.05) is 54.6 Å². The predicted molar refractivity (Wildman–Crippen MR) is 106 cm³/mol. The molecule has 27 heavy (non-hydrogen) atoms. The van der Waals surface area contributed by atoms with Gasteiger partial charge in [0.2, 0.25) is 0 Å². The van der Waals surface area contributed by atoms with Crippen LogP contribution in [0, 0.1) is 0 Å². The smallest absolute Gasteiger partial charge is 0.283 e. The van der Waals surface area contributed by atoms with E-state index in [-0.39, 0.29) is 5.56 Å². The van der Waals surface area contributed by atoms with Gasteiger partial charge in [0, 0.05) is 10.0 Å². The van der Waals surface area contributed by atoms with Gasteiger partial charge in [-0.3, -0.25) is 14.4 Å². The number of carbonyl (C=O) groups is 3. The number of ketones is 1. The van der Waals surface area contributed by atoms with Crippen molar-refractivity contribution < 1.29 is 14.4 Å². The largest absolute Gasteiger partial charge is 0.306 e. The first kappa shape index (κ1) is 17.4. The lowest BCUT2D eigenvalue weighted by Gasteiger charge is -2.15. The highest BCUT2D eigenvalue weighted by Gasteiger charge is 2.41. The van der Waals surface area contributed by atoms with Crippen LogP contribution >= 0.6 is 15.9 Å². The molecule has 3 aromatic carbocycles. The fraction of sp³-hybridized carbons (Fsp3) is 0.0455. The lowest BCUT2D eigenvalue weighted by atomic mass is 10.0. The van der Waals surface area contributed by atoms with Crippen LogP contribution in [0.1, 0.15) is 31.8 Å². The Morgan fingerprint density at radius 2 is 1.48 bits per heavy atom. The average molecular weight is 420 g/mol. The Kier molecular flexibility index (Phi) is 4.46. The number of carbonyl (C=O) groups excluding carboxylic acids is 3. The van der Waals surface area contributed by atoms with Gasteiger partial charge in [-0.2, -0.15) is 0 Å². The summed E-state index contributed by atoms with van der Waals surface area (Å²) in [5, 5.41) is 0. The molecule has 0 saturated heterocycles. The molecule has 1 aliphatic rings. The van der Waals surface area contributed by atoms with Crippen molar-refractivity contribution in [2.45, 2.75) is 6.42 Å². The second-order valence-electron chi connectivity index (χ2n) is 6.24. The number of anilines is 1. The molecule has 0 N–H and O–H groups in total. The van der Waals surface area contributed by atoms with E-state index in [4.69, 9.17) is 0 Å². The van der Waals surface area contributed by atoms with E-state index in [0.29, 0.717) is 22.1 Å². The Hall–Kier alpha value is -3.05. The summed E-state index contributed by atoms with van der Waals surface area (Å²) in [6.45, 7) is 0. The fourth-order valence-electron chi connectivity index (χ4n) is 3.19. The highest BCUT2D eigenvalue weighted by molar-refractivity contribution is 9.10. The lowest BCUT2D eigenvalue weighted by Crippen LogP contribution is -2.35. The molecule has 3 aromatic rings. The van der Waals surface area contributed by atoms with Crippen molar-refractivity contribution in [1.82, 2.24) is 0 Å². The van der Waals surface area contributed by atoms with Gasteiger partial charge in [0.05, 0.1) is 11.3 Å². The summed E-state index contributed by atoms with van der Waals surface area (Å²) in [5.74, 6) is -2.00. The van der Waals surface area contributed by atoms with Crippen LogP contribution in [0.15, 0.2) is 77.3 Å². The molecule has 0 aliphatic carbocycles. The van der Waals surface area contributed by atoms with Gasteiger partial charge in [0.15, 0.2) is 0 Å². The zero-order valence-corrected chi connectivity index (χ0v) is 15.8. The van der Waals surface area contributed by atoms with Crippen molar-refractivity contribution in [3.63, 3.8) is 0 Å². The van der Waals surface area contributed by atoms with Crippen LogP contribution in [0.5, 0.6) is 0 Å². The maximum atomic E-state index is 12.8. The van der Waals surface area contributed by atoms with Crippen LogP contribution in [0.2, 0.25) is 0 Å². The Morgan fingerprint density at radius 3 is 2.15 bits per heavy atom. The summed E-state index contributed by atoms with van der Waals surface area (Å²) < 4.78 is 0.561. The number of benzene rings is 3. The maximum Gasteiger partial charge on any atom is 0.306 e. The SMILES string of the molecule is O=C1C(=O)N(C(=O)c2ccccc2)c2ccc(Cc3ccccc3)c(Br)c21. The molecule has 0 atom stereocenters. The Morgan fingerprint density at radius 1 is 0.852 bits per heavy atom. The number of fused-ring (bicyclic) bond motifs is 1. The monoisotopic (exact) mass is 419 g/mol. The molecule has 4 nitrogen and oxygen atoms in total. The predicted octanol–water partition coefficient (Wildman–Crippen LogP) is 4.41. The van der Waals surface area contributed by atoms with Crippen LogP contribution in [0.3, 0.4) is 0 Å². The first-order valence-corrected chi connectivity index (χ1v) is 9.20. The third kappa shape index (κ3) is 3.00. The molecular weight excluding hydrogens is 406 g/mol. The molecule has 5 heteroatoms. The minimum atomic E-state index is -0.823. The van der Waals surface area contributed by atoms with Gasteiger partial charge in [-0.05, 0) is 51.7 Å². The van der Waals surface area contributed by atoms with Crippen LogP contribution in [0.25, 0.3) is 0 Å². The summed E-state index contributed by atoms with van der Waals surface area (Å²) in [5.41, 5.74) is 2.90. The first-order valence-electron chi connectivity index (χ1n) is 8.41. The zero-order chi connectivity index (χ0) is 19.0. The van der Waals surface area contributed by atoms with Gasteiger partial charge in [0.25, 0.3) is 11.7 Å². The van der Waals surface area contributed by atoms with Crippen LogP contribution in [0.4, 0.5) is 5.69 Å². The van der Waals surface area contributed by atoms with E-state index in [2.05, 4.69) is 15.9 Å². The Labute approximate surface area is 164 Å². The molecule has 1 aliphatic heterocycles. The van der Waals surface area contributed by atoms with Crippen molar-refractivity contribution in [2.24, 2.45) is 0 Å². The molecule has 1 heterocycles. The Balaban J connectivity index is 1.75. The molecule has 0 fully saturated rings. The van der Waals surface area contributed by atoms with Crippen LogP contribution in [-0.4, -0.2) is 17.6 Å². The van der Waals surface area contributed by atoms with Crippen molar-refractivity contribution >= 4 is 39.2 Å². The standard InChI is InChI=1S/C22H14BrNO3/c23-19-16(13-14-7-3-1-4-8-14)11-12-17-18(19)20(25)22(27)24(17)21(26)15-9-5-2-6-10-15/h1-12H,13H2. The van der Waals surface area contributed by atoms with Gasteiger partial charge in [-0.25, -0.2) is 4.90 Å². The van der Waals surface area contributed by atoms with Crippen molar-refractivity contribution in [2.75, 3.05) is 4.90 Å². The Bertz CT molecular complexity index is 1060. The van der Waals surface area contributed by atoms with Crippen molar-refractivity contribution in [3.8, 4) is 0 Å². The average Bonchev–Trinajstić information content (AvgIpc) is 2.96. The molecule has 0 aromatic heterocycles. The number of Topliss-reactive ketones (excluding diaryl/α,β-unsaturated/α-hetero) is 1. The topological polar surface area (TPSA) is 54.5 Å². The second-order valence-corrected chi connectivity index (χ2v) is 7.03. The van der Waals surface area contributed by atoms with Gasteiger partial charge in [0.1, 0.15) is 0 Å². The van der Waals surface area contributed by atoms with Crippen molar-refractivity contribution in [1.29, 1.82) is 0 Å². The van der Waals surface area contributed by atoms with E-state index in [0.717, 1.165) is 16.0 Å². The van der Waals surface area contributed by atoms with Gasteiger partial charge < -0.3 is 0 Å². The highest BCUT2D eigenvalue weighted by Crippen LogP contribution is 2.38. The maximum absolute atomic E-state index is 12.8. The number of imide groups is 1. The summed E-state index contributed by atoms with van der Waals surface area (Å²) >= 11 is 3.48. The molecule has 4 rings (SSSR count). The van der Waals surface area contributed by atoms with E-state index in [1.165, 1.54) is 0 Å². The number of nitrogens with zero attached hydrogens (tertiary/aromatic N) is 1. The van der Waals surface area contributed by atoms with E-state index in [9.17, 15) is 14.4 Å². The summed E-state index contributed by atoms with van der Waals surface area (Å²) in [7, 11) is 0. The van der Waals surface area contributed by atoms with E-state index in [1.807, 2.05) is 36.4 Å². The molecule has 0 saturated carbocycles. The minimum absolute atomic E-state index is 0.248. The molecule has 132 valence electrons. The molecule has 0 radical (unpaired) electrons. The first-order chi connectivity index (χ1) is 13.1. The van der Waals surface area contributed by atoms with E-state index in [1.54, 1.807) is 36.4 Å². The number of rotatable bonds is 3. The molecule has 0 spiro atoms. The van der Waals surface area contributed by atoms with E-state index >= 15 is 0 Å². The summed E-state index contributed by atoms with van der Waals surface area (Å²) in [4.78, 5) is 38.9. The normalized spacial score (nSPS) is 13.0. The van der Waals surface area contributed by atoms with Gasteiger partial charge >= 0.3 is 5.91 Å². The van der Waals surface area contributed by atoms with Gasteiger partial charge in [-0.15, -0.1) is 0 Å². The summed E-state index contributed by atoms with van der Waals surface area (Å²) in [6, 6.07) is 21.8. The molecule has 0 bridgehead atoms. The molecular formula is C22H14BrNO3. The number of hydrogen-bond donors (Lipinski definition) is 0.